The van der Waals surface area contributed by atoms with Crippen LogP contribution in [0.15, 0.2) is 18.6 Å². The van der Waals surface area contributed by atoms with Crippen LogP contribution in [-0.2, 0) is 4.79 Å². The molecule has 1 aromatic heterocycles. The molecule has 0 unspecified atom stereocenters. The normalized spacial score (nSPS) is 20.8. The number of carbonyl (C=O) groups is 1. The fraction of sp³-hybridized carbons (Fsp3) is 0.688. The van der Waals surface area contributed by atoms with E-state index in [1.165, 1.54) is 19.3 Å². The van der Waals surface area contributed by atoms with Crippen LogP contribution >= 0.6 is 0 Å². The van der Waals surface area contributed by atoms with E-state index >= 15 is 0 Å². The van der Waals surface area contributed by atoms with Gasteiger partial charge in [0.05, 0.1) is 12.7 Å². The Morgan fingerprint density at radius 2 is 1.91 bits per heavy atom. The highest BCUT2D eigenvalue weighted by atomic mass is 16.2. The van der Waals surface area contributed by atoms with E-state index in [4.69, 9.17) is 0 Å². The average Bonchev–Trinajstić information content (AvgIpc) is 2.57. The number of hydrogen-bond acceptors (Lipinski definition) is 5. The first-order valence-corrected chi connectivity index (χ1v) is 8.34. The number of hydrogen-bond donors (Lipinski definition) is 1. The lowest BCUT2D eigenvalue weighted by Crippen LogP contribution is -2.50. The van der Waals surface area contributed by atoms with Gasteiger partial charge >= 0.3 is 0 Å². The predicted molar refractivity (Wildman–Crippen MR) is 85.7 cm³/mol. The maximum Gasteiger partial charge on any atom is 0.234 e. The first kappa shape index (κ1) is 15.2. The molecular formula is C16H25N5O. The van der Waals surface area contributed by atoms with Gasteiger partial charge in [0.1, 0.15) is 5.82 Å². The number of rotatable bonds is 4. The van der Waals surface area contributed by atoms with Crippen LogP contribution in [0.1, 0.15) is 32.1 Å². The fourth-order valence-electron chi connectivity index (χ4n) is 3.31. The van der Waals surface area contributed by atoms with Crippen molar-refractivity contribution in [2.45, 2.75) is 38.1 Å². The van der Waals surface area contributed by atoms with Gasteiger partial charge in [-0.25, -0.2) is 4.98 Å². The summed E-state index contributed by atoms with van der Waals surface area (Å²) in [4.78, 5) is 25.0. The lowest BCUT2D eigenvalue weighted by Gasteiger charge is -2.35. The summed E-state index contributed by atoms with van der Waals surface area (Å²) in [7, 11) is 0. The van der Waals surface area contributed by atoms with Crippen LogP contribution in [0.3, 0.4) is 0 Å². The number of amides is 1. The molecule has 6 heteroatoms. The van der Waals surface area contributed by atoms with Crippen LogP contribution in [0.25, 0.3) is 0 Å². The minimum atomic E-state index is 0.180. The number of nitrogens with one attached hydrogen (secondary N) is 1. The zero-order chi connectivity index (χ0) is 15.2. The van der Waals surface area contributed by atoms with Crippen molar-refractivity contribution in [1.29, 1.82) is 0 Å². The number of piperazine rings is 1. The Bertz CT molecular complexity index is 467. The maximum absolute atomic E-state index is 12.1. The van der Waals surface area contributed by atoms with E-state index in [2.05, 4.69) is 25.1 Å². The first-order chi connectivity index (χ1) is 10.8. The second-order valence-electron chi connectivity index (χ2n) is 6.23. The maximum atomic E-state index is 12.1. The van der Waals surface area contributed by atoms with Gasteiger partial charge in [0, 0.05) is 44.6 Å². The summed E-state index contributed by atoms with van der Waals surface area (Å²) in [5.41, 5.74) is 0. The minimum absolute atomic E-state index is 0.180. The molecule has 120 valence electrons. The van der Waals surface area contributed by atoms with E-state index in [1.54, 1.807) is 18.6 Å². The molecule has 1 aromatic rings. The predicted octanol–water partition coefficient (Wildman–Crippen LogP) is 1.05. The Hall–Kier alpha value is -1.69. The van der Waals surface area contributed by atoms with Crippen molar-refractivity contribution >= 4 is 11.7 Å². The molecule has 0 spiro atoms. The molecule has 2 fully saturated rings. The highest BCUT2D eigenvalue weighted by molar-refractivity contribution is 5.78. The van der Waals surface area contributed by atoms with Crippen molar-refractivity contribution in [3.05, 3.63) is 18.6 Å². The third-order valence-corrected chi connectivity index (χ3v) is 4.58. The Morgan fingerprint density at radius 3 is 2.59 bits per heavy atom. The SMILES string of the molecule is O=C(CN1CCN(c2cnccn2)CC1)NC1CCCCC1. The molecule has 22 heavy (non-hydrogen) atoms. The Morgan fingerprint density at radius 1 is 1.14 bits per heavy atom. The van der Waals surface area contributed by atoms with Crippen molar-refractivity contribution < 1.29 is 4.79 Å². The highest BCUT2D eigenvalue weighted by Gasteiger charge is 2.21. The van der Waals surface area contributed by atoms with Crippen LogP contribution in [0.5, 0.6) is 0 Å². The van der Waals surface area contributed by atoms with Crippen LogP contribution in [0.2, 0.25) is 0 Å². The van der Waals surface area contributed by atoms with Crippen molar-refractivity contribution in [1.82, 2.24) is 20.2 Å². The van der Waals surface area contributed by atoms with Gasteiger partial charge in [-0.15, -0.1) is 0 Å². The van der Waals surface area contributed by atoms with Gasteiger partial charge in [0.15, 0.2) is 0 Å². The monoisotopic (exact) mass is 303 g/mol. The van der Waals surface area contributed by atoms with Crippen LogP contribution in [0.4, 0.5) is 5.82 Å². The highest BCUT2D eigenvalue weighted by Crippen LogP contribution is 2.17. The second kappa shape index (κ2) is 7.54. The summed E-state index contributed by atoms with van der Waals surface area (Å²) in [6, 6.07) is 0.405. The van der Waals surface area contributed by atoms with E-state index in [9.17, 15) is 4.79 Å². The van der Waals surface area contributed by atoms with Gasteiger partial charge in [-0.05, 0) is 12.8 Å². The quantitative estimate of drug-likeness (QED) is 0.901. The lowest BCUT2D eigenvalue weighted by atomic mass is 9.95. The summed E-state index contributed by atoms with van der Waals surface area (Å²) >= 11 is 0. The summed E-state index contributed by atoms with van der Waals surface area (Å²) in [5.74, 6) is 1.11. The number of carbonyl (C=O) groups excluding carboxylic acids is 1. The molecule has 1 saturated carbocycles. The zero-order valence-electron chi connectivity index (χ0n) is 13.1. The van der Waals surface area contributed by atoms with E-state index in [-0.39, 0.29) is 5.91 Å². The van der Waals surface area contributed by atoms with Gasteiger partial charge in [0.2, 0.25) is 5.91 Å². The van der Waals surface area contributed by atoms with E-state index < -0.39 is 0 Å². The van der Waals surface area contributed by atoms with Crippen LogP contribution in [0, 0.1) is 0 Å². The summed E-state index contributed by atoms with van der Waals surface area (Å²) in [6.45, 7) is 4.11. The molecule has 1 N–H and O–H groups in total. The molecule has 6 nitrogen and oxygen atoms in total. The minimum Gasteiger partial charge on any atom is -0.353 e. The lowest BCUT2D eigenvalue weighted by molar-refractivity contribution is -0.123. The molecule has 0 atom stereocenters. The Kier molecular flexibility index (Phi) is 5.21. The number of anilines is 1. The molecule has 2 heterocycles. The largest absolute Gasteiger partial charge is 0.353 e. The molecule has 0 radical (unpaired) electrons. The molecule has 1 amide bonds. The second-order valence-corrected chi connectivity index (χ2v) is 6.23. The molecule has 1 saturated heterocycles. The van der Waals surface area contributed by atoms with Gasteiger partial charge in [-0.1, -0.05) is 19.3 Å². The Balaban J connectivity index is 1.41. The summed E-state index contributed by atoms with van der Waals surface area (Å²) < 4.78 is 0. The molecular weight excluding hydrogens is 278 g/mol. The van der Waals surface area contributed by atoms with Crippen molar-refractivity contribution in [2.24, 2.45) is 0 Å². The van der Waals surface area contributed by atoms with E-state index in [0.29, 0.717) is 12.6 Å². The summed E-state index contributed by atoms with van der Waals surface area (Å²) in [5, 5.41) is 3.19. The van der Waals surface area contributed by atoms with Crippen molar-refractivity contribution in [2.75, 3.05) is 37.6 Å². The number of nitrogens with zero attached hydrogens (tertiary/aromatic N) is 4. The molecule has 3 rings (SSSR count). The third-order valence-electron chi connectivity index (χ3n) is 4.58. The van der Waals surface area contributed by atoms with Crippen LogP contribution < -0.4 is 10.2 Å². The van der Waals surface area contributed by atoms with Crippen molar-refractivity contribution in [3.63, 3.8) is 0 Å². The zero-order valence-corrected chi connectivity index (χ0v) is 13.1. The van der Waals surface area contributed by atoms with E-state index in [0.717, 1.165) is 44.8 Å². The number of aromatic nitrogens is 2. The molecule has 0 bridgehead atoms. The topological polar surface area (TPSA) is 61.4 Å². The van der Waals surface area contributed by atoms with Crippen molar-refractivity contribution in [3.8, 4) is 0 Å². The van der Waals surface area contributed by atoms with Gasteiger partial charge in [0.25, 0.3) is 0 Å². The molecule has 2 aliphatic rings. The first-order valence-electron chi connectivity index (χ1n) is 8.34. The van der Waals surface area contributed by atoms with Gasteiger partial charge in [-0.3, -0.25) is 14.7 Å². The average molecular weight is 303 g/mol. The molecule has 0 aromatic carbocycles. The summed E-state index contributed by atoms with van der Waals surface area (Å²) in [6.07, 6.45) is 11.3. The van der Waals surface area contributed by atoms with Gasteiger partial charge in [-0.2, -0.15) is 0 Å². The molecule has 1 aliphatic heterocycles. The smallest absolute Gasteiger partial charge is 0.234 e. The van der Waals surface area contributed by atoms with Crippen LogP contribution in [-0.4, -0.2) is 59.5 Å². The standard InChI is InChI=1S/C16H25N5O/c22-16(19-14-4-2-1-3-5-14)13-20-8-10-21(11-9-20)15-12-17-6-7-18-15/h6-7,12,14H,1-5,8-11,13H2,(H,19,22). The van der Waals surface area contributed by atoms with E-state index in [1.807, 2.05) is 0 Å². The molecule has 1 aliphatic carbocycles. The Labute approximate surface area is 131 Å². The van der Waals surface area contributed by atoms with Gasteiger partial charge < -0.3 is 10.2 Å². The third kappa shape index (κ3) is 4.16. The fourth-order valence-corrected chi connectivity index (χ4v) is 3.31.